The molecule has 5 heteroatoms. The maximum Gasteiger partial charge on any atom is 0.233 e. The SMILES string of the molecule is N/C(=N\O)N1CCc2c(O)cccc2C1. The van der Waals surface area contributed by atoms with Crippen molar-refractivity contribution >= 4 is 5.96 Å². The van der Waals surface area contributed by atoms with E-state index in [1.165, 1.54) is 0 Å². The van der Waals surface area contributed by atoms with E-state index in [1.54, 1.807) is 17.0 Å². The highest BCUT2D eigenvalue weighted by Gasteiger charge is 2.19. The summed E-state index contributed by atoms with van der Waals surface area (Å²) in [5.41, 5.74) is 7.49. The van der Waals surface area contributed by atoms with Gasteiger partial charge in [0.05, 0.1) is 0 Å². The van der Waals surface area contributed by atoms with Gasteiger partial charge in [0, 0.05) is 18.7 Å². The first-order chi connectivity index (χ1) is 7.22. The van der Waals surface area contributed by atoms with E-state index in [0.29, 0.717) is 25.3 Å². The molecular weight excluding hydrogens is 194 g/mol. The van der Waals surface area contributed by atoms with Crippen LogP contribution in [-0.4, -0.2) is 27.7 Å². The molecule has 0 saturated carbocycles. The fourth-order valence-electron chi connectivity index (χ4n) is 1.85. The van der Waals surface area contributed by atoms with Crippen LogP contribution in [0, 0.1) is 0 Å². The van der Waals surface area contributed by atoms with Gasteiger partial charge in [0.25, 0.3) is 0 Å². The number of rotatable bonds is 0. The topological polar surface area (TPSA) is 82.1 Å². The first-order valence-electron chi connectivity index (χ1n) is 4.74. The summed E-state index contributed by atoms with van der Waals surface area (Å²) in [6.07, 6.45) is 0.707. The van der Waals surface area contributed by atoms with Crippen LogP contribution in [0.5, 0.6) is 5.75 Å². The minimum atomic E-state index is 0.115. The Bertz CT molecular complexity index is 404. The van der Waals surface area contributed by atoms with Crippen molar-refractivity contribution in [1.82, 2.24) is 4.90 Å². The minimum Gasteiger partial charge on any atom is -0.508 e. The van der Waals surface area contributed by atoms with Crippen LogP contribution in [0.4, 0.5) is 0 Å². The molecule has 0 spiro atoms. The number of guanidine groups is 1. The Morgan fingerprint density at radius 2 is 2.27 bits per heavy atom. The zero-order valence-corrected chi connectivity index (χ0v) is 8.22. The molecule has 80 valence electrons. The lowest BCUT2D eigenvalue weighted by atomic mass is 9.99. The molecule has 0 atom stereocenters. The summed E-state index contributed by atoms with van der Waals surface area (Å²) in [4.78, 5) is 1.77. The van der Waals surface area contributed by atoms with E-state index in [4.69, 9.17) is 10.9 Å². The van der Waals surface area contributed by atoms with E-state index in [0.717, 1.165) is 11.1 Å². The smallest absolute Gasteiger partial charge is 0.233 e. The van der Waals surface area contributed by atoms with Gasteiger partial charge in [-0.1, -0.05) is 17.3 Å². The summed E-state index contributed by atoms with van der Waals surface area (Å²) in [6, 6.07) is 5.41. The second-order valence-corrected chi connectivity index (χ2v) is 3.54. The lowest BCUT2D eigenvalue weighted by Crippen LogP contribution is -2.40. The van der Waals surface area contributed by atoms with E-state index in [2.05, 4.69) is 5.16 Å². The Labute approximate surface area is 87.4 Å². The molecule has 1 aromatic carbocycles. The van der Waals surface area contributed by atoms with Gasteiger partial charge < -0.3 is 20.9 Å². The zero-order valence-electron chi connectivity index (χ0n) is 8.22. The predicted octanol–water partition coefficient (Wildman–Crippen LogP) is 0.454. The Morgan fingerprint density at radius 3 is 3.00 bits per heavy atom. The summed E-state index contributed by atoms with van der Waals surface area (Å²) in [5, 5.41) is 21.1. The van der Waals surface area contributed by atoms with Crippen molar-refractivity contribution in [3.63, 3.8) is 0 Å². The van der Waals surface area contributed by atoms with Crippen LogP contribution in [0.3, 0.4) is 0 Å². The van der Waals surface area contributed by atoms with E-state index in [-0.39, 0.29) is 5.96 Å². The molecule has 0 fully saturated rings. The molecule has 0 radical (unpaired) electrons. The Morgan fingerprint density at radius 1 is 1.47 bits per heavy atom. The third-order valence-corrected chi connectivity index (χ3v) is 2.67. The van der Waals surface area contributed by atoms with E-state index in [1.807, 2.05) is 6.07 Å². The van der Waals surface area contributed by atoms with Crippen molar-refractivity contribution in [2.75, 3.05) is 6.54 Å². The zero-order chi connectivity index (χ0) is 10.8. The number of phenols is 1. The average Bonchev–Trinajstić information content (AvgIpc) is 2.28. The van der Waals surface area contributed by atoms with Gasteiger partial charge in [0.2, 0.25) is 5.96 Å². The lowest BCUT2D eigenvalue weighted by Gasteiger charge is -2.29. The summed E-state index contributed by atoms with van der Waals surface area (Å²) in [7, 11) is 0. The molecule has 1 aliphatic rings. The van der Waals surface area contributed by atoms with Gasteiger partial charge in [-0.25, -0.2) is 0 Å². The molecule has 0 aromatic heterocycles. The summed E-state index contributed by atoms with van der Waals surface area (Å²) in [5.74, 6) is 0.440. The monoisotopic (exact) mass is 207 g/mol. The molecule has 1 heterocycles. The van der Waals surface area contributed by atoms with Crippen molar-refractivity contribution in [3.05, 3.63) is 29.3 Å². The van der Waals surface area contributed by atoms with Crippen LogP contribution in [0.15, 0.2) is 23.4 Å². The molecule has 4 N–H and O–H groups in total. The van der Waals surface area contributed by atoms with E-state index in [9.17, 15) is 5.11 Å². The summed E-state index contributed by atoms with van der Waals surface area (Å²) in [6.45, 7) is 1.22. The summed E-state index contributed by atoms with van der Waals surface area (Å²) < 4.78 is 0. The highest BCUT2D eigenvalue weighted by atomic mass is 16.4. The molecule has 0 amide bonds. The number of nitrogens with zero attached hydrogens (tertiary/aromatic N) is 2. The van der Waals surface area contributed by atoms with Crippen LogP contribution >= 0.6 is 0 Å². The van der Waals surface area contributed by atoms with Crippen molar-refractivity contribution in [2.45, 2.75) is 13.0 Å². The fraction of sp³-hybridized carbons (Fsp3) is 0.300. The fourth-order valence-corrected chi connectivity index (χ4v) is 1.85. The molecular formula is C10H13N3O2. The standard InChI is InChI=1S/C10H13N3O2/c11-10(12-15)13-5-4-8-7(6-13)2-1-3-9(8)14/h1-3,14-15H,4-6H2,(H2,11,12). The predicted molar refractivity (Wildman–Crippen MR) is 55.6 cm³/mol. The largest absolute Gasteiger partial charge is 0.508 e. The Hall–Kier alpha value is -1.91. The second kappa shape index (κ2) is 3.68. The van der Waals surface area contributed by atoms with E-state index < -0.39 is 0 Å². The first kappa shape index (κ1) is 9.64. The maximum absolute atomic E-state index is 9.61. The normalized spacial score (nSPS) is 16.3. The van der Waals surface area contributed by atoms with Crippen LogP contribution in [0.2, 0.25) is 0 Å². The van der Waals surface area contributed by atoms with Crippen LogP contribution in [0.25, 0.3) is 0 Å². The number of phenolic OH excluding ortho intramolecular Hbond substituents is 1. The number of hydrogen-bond acceptors (Lipinski definition) is 3. The van der Waals surface area contributed by atoms with Crippen LogP contribution in [-0.2, 0) is 13.0 Å². The molecule has 0 saturated heterocycles. The minimum absolute atomic E-state index is 0.115. The number of oxime groups is 1. The number of aromatic hydroxyl groups is 1. The van der Waals surface area contributed by atoms with Crippen molar-refractivity contribution < 1.29 is 10.3 Å². The summed E-state index contributed by atoms with van der Waals surface area (Å²) >= 11 is 0. The van der Waals surface area contributed by atoms with Crippen LogP contribution < -0.4 is 5.73 Å². The molecule has 5 nitrogen and oxygen atoms in total. The first-order valence-corrected chi connectivity index (χ1v) is 4.74. The Balaban J connectivity index is 2.28. The molecule has 1 aromatic rings. The van der Waals surface area contributed by atoms with Crippen molar-refractivity contribution in [1.29, 1.82) is 0 Å². The second-order valence-electron chi connectivity index (χ2n) is 3.54. The molecule has 15 heavy (non-hydrogen) atoms. The van der Waals surface area contributed by atoms with Crippen molar-refractivity contribution in [3.8, 4) is 5.75 Å². The highest BCUT2D eigenvalue weighted by Crippen LogP contribution is 2.26. The maximum atomic E-state index is 9.61. The van der Waals surface area contributed by atoms with Gasteiger partial charge in [0.1, 0.15) is 5.75 Å². The molecule has 0 aliphatic carbocycles. The van der Waals surface area contributed by atoms with Gasteiger partial charge >= 0.3 is 0 Å². The van der Waals surface area contributed by atoms with Gasteiger partial charge in [-0.15, -0.1) is 0 Å². The third-order valence-electron chi connectivity index (χ3n) is 2.67. The number of hydrogen-bond donors (Lipinski definition) is 3. The number of benzene rings is 1. The Kier molecular flexibility index (Phi) is 2.37. The third kappa shape index (κ3) is 1.68. The van der Waals surface area contributed by atoms with Gasteiger partial charge in [-0.05, 0) is 18.1 Å². The van der Waals surface area contributed by atoms with Crippen molar-refractivity contribution in [2.24, 2.45) is 10.9 Å². The van der Waals surface area contributed by atoms with Crippen LogP contribution in [0.1, 0.15) is 11.1 Å². The molecule has 0 bridgehead atoms. The highest BCUT2D eigenvalue weighted by molar-refractivity contribution is 5.77. The van der Waals surface area contributed by atoms with E-state index >= 15 is 0 Å². The quantitative estimate of drug-likeness (QED) is 0.250. The molecule has 0 unspecified atom stereocenters. The van der Waals surface area contributed by atoms with Gasteiger partial charge in [-0.3, -0.25) is 0 Å². The number of nitrogens with two attached hydrogens (primary N) is 1. The molecule has 2 rings (SSSR count). The molecule has 1 aliphatic heterocycles. The van der Waals surface area contributed by atoms with Gasteiger partial charge in [0.15, 0.2) is 0 Å². The lowest BCUT2D eigenvalue weighted by molar-refractivity contribution is 0.292. The van der Waals surface area contributed by atoms with Gasteiger partial charge in [-0.2, -0.15) is 0 Å². The number of fused-ring (bicyclic) bond motifs is 1. The average molecular weight is 207 g/mol.